The van der Waals surface area contributed by atoms with Crippen LogP contribution in [-0.4, -0.2) is 28.7 Å². The minimum atomic E-state index is -0.109. The van der Waals surface area contributed by atoms with Gasteiger partial charge in [0, 0.05) is 37.3 Å². The highest BCUT2D eigenvalue weighted by Crippen LogP contribution is 2.31. The van der Waals surface area contributed by atoms with E-state index in [2.05, 4.69) is 25.1 Å². The van der Waals surface area contributed by atoms with Crippen molar-refractivity contribution >= 4 is 5.82 Å². The summed E-state index contributed by atoms with van der Waals surface area (Å²) in [5, 5.41) is 9.17. The Balaban J connectivity index is 1.90. The number of nitriles is 1. The molecule has 2 aromatic carbocycles. The fourth-order valence-electron chi connectivity index (χ4n) is 4.07. The summed E-state index contributed by atoms with van der Waals surface area (Å²) in [7, 11) is 1.80. The minimum absolute atomic E-state index is 0.109. The van der Waals surface area contributed by atoms with Crippen LogP contribution in [-0.2, 0) is 13.5 Å². The molecule has 0 bridgehead atoms. The highest BCUT2D eigenvalue weighted by Gasteiger charge is 2.24. The summed E-state index contributed by atoms with van der Waals surface area (Å²) < 4.78 is 1.70. The van der Waals surface area contributed by atoms with Crippen molar-refractivity contribution in [3.05, 3.63) is 70.0 Å². The zero-order valence-corrected chi connectivity index (χ0v) is 18.0. The van der Waals surface area contributed by atoms with Crippen LogP contribution >= 0.6 is 0 Å². The van der Waals surface area contributed by atoms with Gasteiger partial charge in [-0.3, -0.25) is 4.79 Å². The number of aryl methyl sites for hydroxylation is 1. The molecule has 31 heavy (non-hydrogen) atoms. The van der Waals surface area contributed by atoms with Gasteiger partial charge in [-0.15, -0.1) is 0 Å². The van der Waals surface area contributed by atoms with Crippen molar-refractivity contribution in [2.24, 2.45) is 12.8 Å². The maximum atomic E-state index is 13.3. The van der Waals surface area contributed by atoms with E-state index in [9.17, 15) is 4.79 Å². The van der Waals surface area contributed by atoms with E-state index in [1.165, 1.54) is 5.56 Å². The van der Waals surface area contributed by atoms with Crippen molar-refractivity contribution in [2.45, 2.75) is 32.2 Å². The number of benzene rings is 2. The molecule has 2 heterocycles. The summed E-state index contributed by atoms with van der Waals surface area (Å²) in [6.45, 7) is 3.56. The number of aromatic nitrogens is 2. The minimum Gasteiger partial charge on any atom is -0.352 e. The zero-order chi connectivity index (χ0) is 22.0. The predicted octanol–water partition coefficient (Wildman–Crippen LogP) is 3.48. The van der Waals surface area contributed by atoms with Gasteiger partial charge in [0.2, 0.25) is 0 Å². The Labute approximate surface area is 182 Å². The van der Waals surface area contributed by atoms with Crippen molar-refractivity contribution in [1.82, 2.24) is 9.55 Å². The van der Waals surface area contributed by atoms with Crippen molar-refractivity contribution in [2.75, 3.05) is 18.0 Å². The molecule has 0 unspecified atom stereocenters. The smallest absolute Gasteiger partial charge is 0.293 e. The Morgan fingerprint density at radius 2 is 1.68 bits per heavy atom. The lowest BCUT2D eigenvalue weighted by Gasteiger charge is -2.31. The zero-order valence-electron chi connectivity index (χ0n) is 18.0. The standard InChI is InChI=1S/C25H27N5O/c1-3-17-4-10-20(11-5-17)23-22(19-8-6-18(16-26)7-9-19)28-24(25(31)29(23)2)30-14-12-21(27)13-15-30/h4-11,21H,3,12-15,27H2,1-2H3. The monoisotopic (exact) mass is 413 g/mol. The van der Waals surface area contributed by atoms with E-state index in [-0.39, 0.29) is 11.6 Å². The topological polar surface area (TPSA) is 87.9 Å². The van der Waals surface area contributed by atoms with Crippen molar-refractivity contribution in [3.8, 4) is 28.6 Å². The molecule has 1 saturated heterocycles. The van der Waals surface area contributed by atoms with E-state index in [4.69, 9.17) is 16.0 Å². The molecule has 1 fully saturated rings. The van der Waals surface area contributed by atoms with Gasteiger partial charge in [-0.05, 0) is 37.0 Å². The molecular weight excluding hydrogens is 386 g/mol. The van der Waals surface area contributed by atoms with Gasteiger partial charge < -0.3 is 15.2 Å². The Bertz CT molecular complexity index is 1160. The van der Waals surface area contributed by atoms with E-state index < -0.39 is 0 Å². The van der Waals surface area contributed by atoms with Crippen LogP contribution < -0.4 is 16.2 Å². The molecule has 0 radical (unpaired) electrons. The molecule has 6 nitrogen and oxygen atoms in total. The molecule has 0 amide bonds. The van der Waals surface area contributed by atoms with Crippen LogP contribution in [0.1, 0.15) is 30.9 Å². The second kappa shape index (κ2) is 8.75. The van der Waals surface area contributed by atoms with Gasteiger partial charge in [0.25, 0.3) is 5.56 Å². The molecule has 0 atom stereocenters. The van der Waals surface area contributed by atoms with E-state index in [1.807, 2.05) is 29.2 Å². The molecule has 1 aromatic heterocycles. The van der Waals surface area contributed by atoms with Crippen LogP contribution in [0.3, 0.4) is 0 Å². The molecule has 3 aromatic rings. The first-order valence-electron chi connectivity index (χ1n) is 10.7. The Morgan fingerprint density at radius 1 is 1.06 bits per heavy atom. The fourth-order valence-corrected chi connectivity index (χ4v) is 4.07. The van der Waals surface area contributed by atoms with E-state index >= 15 is 0 Å². The normalized spacial score (nSPS) is 14.5. The summed E-state index contributed by atoms with van der Waals surface area (Å²) in [5.74, 6) is 0.461. The molecule has 158 valence electrons. The number of piperidine rings is 1. The molecule has 1 aliphatic heterocycles. The summed E-state index contributed by atoms with van der Waals surface area (Å²) in [6, 6.07) is 17.9. The van der Waals surface area contributed by atoms with Gasteiger partial charge in [-0.25, -0.2) is 4.98 Å². The van der Waals surface area contributed by atoms with Crippen LogP contribution in [0, 0.1) is 11.3 Å². The number of rotatable bonds is 4. The Hall–Kier alpha value is -3.43. The summed E-state index contributed by atoms with van der Waals surface area (Å²) in [6.07, 6.45) is 2.64. The average molecular weight is 414 g/mol. The van der Waals surface area contributed by atoms with Crippen LogP contribution in [0.5, 0.6) is 0 Å². The van der Waals surface area contributed by atoms with Crippen LogP contribution in [0.2, 0.25) is 0 Å². The quantitative estimate of drug-likeness (QED) is 0.707. The Morgan fingerprint density at radius 3 is 2.26 bits per heavy atom. The van der Waals surface area contributed by atoms with E-state index in [0.29, 0.717) is 11.4 Å². The Kier molecular flexibility index (Phi) is 5.88. The number of nitrogens with zero attached hydrogens (tertiary/aromatic N) is 4. The molecule has 0 spiro atoms. The molecular formula is C25H27N5O. The van der Waals surface area contributed by atoms with Crippen LogP contribution in [0.25, 0.3) is 22.5 Å². The van der Waals surface area contributed by atoms with Crippen LogP contribution in [0.15, 0.2) is 53.3 Å². The fraction of sp³-hybridized carbons (Fsp3) is 0.320. The SMILES string of the molecule is CCc1ccc(-c2c(-c3ccc(C#N)cc3)nc(N3CCC(N)CC3)c(=O)n2C)cc1. The molecule has 6 heteroatoms. The van der Waals surface area contributed by atoms with Gasteiger partial charge in [0.15, 0.2) is 5.82 Å². The van der Waals surface area contributed by atoms with Gasteiger partial charge >= 0.3 is 0 Å². The van der Waals surface area contributed by atoms with Gasteiger partial charge in [0.05, 0.1) is 23.0 Å². The van der Waals surface area contributed by atoms with Crippen LogP contribution in [0.4, 0.5) is 5.82 Å². The lowest BCUT2D eigenvalue weighted by atomic mass is 10.0. The van der Waals surface area contributed by atoms with Gasteiger partial charge in [-0.1, -0.05) is 43.3 Å². The van der Waals surface area contributed by atoms with Gasteiger partial charge in [-0.2, -0.15) is 5.26 Å². The maximum absolute atomic E-state index is 13.3. The summed E-state index contributed by atoms with van der Waals surface area (Å²) in [5.41, 5.74) is 11.1. The lowest BCUT2D eigenvalue weighted by Crippen LogP contribution is -2.43. The first kappa shape index (κ1) is 20.8. The number of anilines is 1. The molecule has 2 N–H and O–H groups in total. The van der Waals surface area contributed by atoms with E-state index in [0.717, 1.165) is 54.9 Å². The van der Waals surface area contributed by atoms with E-state index in [1.54, 1.807) is 23.7 Å². The third-order valence-electron chi connectivity index (χ3n) is 6.04. The molecule has 0 saturated carbocycles. The molecule has 4 rings (SSSR count). The van der Waals surface area contributed by atoms with Gasteiger partial charge in [0.1, 0.15) is 0 Å². The number of hydrogen-bond donors (Lipinski definition) is 1. The third kappa shape index (κ3) is 4.10. The maximum Gasteiger partial charge on any atom is 0.293 e. The number of nitrogens with two attached hydrogens (primary N) is 1. The summed E-state index contributed by atoms with van der Waals surface area (Å²) in [4.78, 5) is 20.3. The van der Waals surface area contributed by atoms with Crippen molar-refractivity contribution in [3.63, 3.8) is 0 Å². The third-order valence-corrected chi connectivity index (χ3v) is 6.04. The average Bonchev–Trinajstić information content (AvgIpc) is 2.81. The van der Waals surface area contributed by atoms with Crippen molar-refractivity contribution < 1.29 is 0 Å². The highest BCUT2D eigenvalue weighted by atomic mass is 16.1. The highest BCUT2D eigenvalue weighted by molar-refractivity contribution is 5.79. The first-order valence-corrected chi connectivity index (χ1v) is 10.7. The largest absolute Gasteiger partial charge is 0.352 e. The summed E-state index contributed by atoms with van der Waals surface area (Å²) >= 11 is 0. The van der Waals surface area contributed by atoms with Crippen molar-refractivity contribution in [1.29, 1.82) is 5.26 Å². The number of hydrogen-bond acceptors (Lipinski definition) is 5. The lowest BCUT2D eigenvalue weighted by molar-refractivity contribution is 0.496. The second-order valence-electron chi connectivity index (χ2n) is 8.06. The first-order chi connectivity index (χ1) is 15.0. The predicted molar refractivity (Wildman–Crippen MR) is 124 cm³/mol. The molecule has 0 aliphatic carbocycles. The molecule has 1 aliphatic rings. The second-order valence-corrected chi connectivity index (χ2v) is 8.06.